The van der Waals surface area contributed by atoms with E-state index in [0.29, 0.717) is 36.6 Å². The van der Waals surface area contributed by atoms with E-state index in [1.165, 1.54) is 0 Å². The van der Waals surface area contributed by atoms with Crippen molar-refractivity contribution in [2.75, 3.05) is 18.1 Å². The van der Waals surface area contributed by atoms with E-state index in [1.807, 2.05) is 86.6 Å². The first-order chi connectivity index (χ1) is 17.9. The minimum atomic E-state index is -0.961. The highest BCUT2D eigenvalue weighted by molar-refractivity contribution is 5.77. The molecular formula is C29H27N3O5. The number of carbonyl (C=O) groups is 1. The molecule has 2 heterocycles. The number of carboxylic acid groups (broad SMARTS) is 1. The molecule has 0 unspecified atom stereocenters. The molecule has 0 spiro atoms. The fourth-order valence-corrected chi connectivity index (χ4v) is 4.06. The van der Waals surface area contributed by atoms with Crippen LogP contribution in [-0.2, 0) is 17.8 Å². The first-order valence-electron chi connectivity index (χ1n) is 12.0. The standard InChI is InChI=1S/C29H27N3O5/c1-19-8-13-26-25(16-19)31-29(37-26)32(18-27(33)34)17-21-9-11-23(12-10-21)35-15-14-24-20(2)36-28(30-24)22-6-4-3-5-7-22/h3-13,16H,14-15,17-18H2,1-2H3,(H,33,34). The first-order valence-corrected chi connectivity index (χ1v) is 12.0. The molecule has 0 saturated carbocycles. The monoisotopic (exact) mass is 497 g/mol. The van der Waals surface area contributed by atoms with Gasteiger partial charge in [0.1, 0.15) is 23.6 Å². The molecule has 0 radical (unpaired) electrons. The van der Waals surface area contributed by atoms with Crippen molar-refractivity contribution in [3.05, 3.63) is 95.4 Å². The van der Waals surface area contributed by atoms with Gasteiger partial charge in [-0.2, -0.15) is 4.98 Å². The van der Waals surface area contributed by atoms with E-state index in [9.17, 15) is 9.90 Å². The molecule has 8 nitrogen and oxygen atoms in total. The fraction of sp³-hybridized carbons (Fsp3) is 0.207. The van der Waals surface area contributed by atoms with Gasteiger partial charge in [0.15, 0.2) is 5.58 Å². The summed E-state index contributed by atoms with van der Waals surface area (Å²) in [4.78, 5) is 22.2. The molecule has 188 valence electrons. The Morgan fingerprint density at radius 1 is 0.973 bits per heavy atom. The highest BCUT2D eigenvalue weighted by atomic mass is 16.5. The van der Waals surface area contributed by atoms with Crippen LogP contribution >= 0.6 is 0 Å². The molecule has 3 aromatic carbocycles. The van der Waals surface area contributed by atoms with Crippen molar-refractivity contribution in [3.8, 4) is 17.2 Å². The normalized spacial score (nSPS) is 11.1. The van der Waals surface area contributed by atoms with E-state index < -0.39 is 5.97 Å². The Morgan fingerprint density at radius 3 is 2.51 bits per heavy atom. The summed E-state index contributed by atoms with van der Waals surface area (Å²) < 4.78 is 17.6. The highest BCUT2D eigenvalue weighted by Gasteiger charge is 2.18. The van der Waals surface area contributed by atoms with E-state index in [2.05, 4.69) is 9.97 Å². The van der Waals surface area contributed by atoms with Crippen molar-refractivity contribution in [2.45, 2.75) is 26.8 Å². The first kappa shape index (κ1) is 24.1. The van der Waals surface area contributed by atoms with Gasteiger partial charge in [0, 0.05) is 18.5 Å². The van der Waals surface area contributed by atoms with Crippen LogP contribution in [0.4, 0.5) is 6.01 Å². The van der Waals surface area contributed by atoms with Crippen molar-refractivity contribution in [2.24, 2.45) is 0 Å². The van der Waals surface area contributed by atoms with Crippen LogP contribution in [0, 0.1) is 13.8 Å². The Hall–Kier alpha value is -4.59. The van der Waals surface area contributed by atoms with Crippen molar-refractivity contribution in [3.63, 3.8) is 0 Å². The van der Waals surface area contributed by atoms with Gasteiger partial charge in [-0.3, -0.25) is 4.79 Å². The molecule has 0 bridgehead atoms. The van der Waals surface area contributed by atoms with E-state index in [-0.39, 0.29) is 12.6 Å². The number of nitrogens with zero attached hydrogens (tertiary/aromatic N) is 3. The average Bonchev–Trinajstić information content (AvgIpc) is 3.48. The summed E-state index contributed by atoms with van der Waals surface area (Å²) in [6, 6.07) is 23.3. The predicted molar refractivity (Wildman–Crippen MR) is 140 cm³/mol. The number of oxazole rings is 2. The molecule has 37 heavy (non-hydrogen) atoms. The second-order valence-corrected chi connectivity index (χ2v) is 8.85. The van der Waals surface area contributed by atoms with Crippen LogP contribution in [0.25, 0.3) is 22.6 Å². The van der Waals surface area contributed by atoms with Gasteiger partial charge in [0.25, 0.3) is 6.01 Å². The molecule has 5 aromatic rings. The van der Waals surface area contributed by atoms with Crippen molar-refractivity contribution in [1.29, 1.82) is 0 Å². The molecule has 0 atom stereocenters. The molecule has 0 aliphatic rings. The molecule has 5 rings (SSSR count). The summed E-state index contributed by atoms with van der Waals surface area (Å²) in [6.45, 7) is 4.44. The number of hydrogen-bond donors (Lipinski definition) is 1. The van der Waals surface area contributed by atoms with Gasteiger partial charge in [0.05, 0.1) is 12.3 Å². The average molecular weight is 498 g/mol. The summed E-state index contributed by atoms with van der Waals surface area (Å²) in [7, 11) is 0. The lowest BCUT2D eigenvalue weighted by Gasteiger charge is -2.18. The highest BCUT2D eigenvalue weighted by Crippen LogP contribution is 2.25. The Bertz CT molecular complexity index is 1510. The quantitative estimate of drug-likeness (QED) is 0.258. The molecule has 8 heteroatoms. The predicted octanol–water partition coefficient (Wildman–Crippen LogP) is 5.81. The van der Waals surface area contributed by atoms with Gasteiger partial charge in [0.2, 0.25) is 5.89 Å². The van der Waals surface area contributed by atoms with Gasteiger partial charge in [-0.05, 0) is 61.4 Å². The number of aryl methyl sites for hydroxylation is 2. The second kappa shape index (κ2) is 10.6. The Balaban J connectivity index is 1.21. The van der Waals surface area contributed by atoms with E-state index in [1.54, 1.807) is 4.90 Å². The van der Waals surface area contributed by atoms with Gasteiger partial charge < -0.3 is 23.6 Å². The third-order valence-electron chi connectivity index (χ3n) is 5.95. The SMILES string of the molecule is Cc1ccc2oc(N(CC(=O)O)Cc3ccc(OCCc4nc(-c5ccccc5)oc4C)cc3)nc2c1. The number of fused-ring (bicyclic) bond motifs is 1. The lowest BCUT2D eigenvalue weighted by molar-refractivity contribution is -0.135. The van der Waals surface area contributed by atoms with Gasteiger partial charge in [-0.1, -0.05) is 36.4 Å². The number of ether oxygens (including phenoxy) is 1. The number of carboxylic acids is 1. The van der Waals surface area contributed by atoms with E-state index in [4.69, 9.17) is 13.6 Å². The van der Waals surface area contributed by atoms with Crippen LogP contribution in [0.5, 0.6) is 5.75 Å². The zero-order valence-corrected chi connectivity index (χ0v) is 20.7. The molecule has 0 saturated heterocycles. The number of aliphatic carboxylic acids is 1. The van der Waals surface area contributed by atoms with Crippen LogP contribution < -0.4 is 9.64 Å². The fourth-order valence-electron chi connectivity index (χ4n) is 4.06. The lowest BCUT2D eigenvalue weighted by atomic mass is 10.2. The van der Waals surface area contributed by atoms with Gasteiger partial charge >= 0.3 is 5.97 Å². The molecule has 0 aliphatic heterocycles. The maximum absolute atomic E-state index is 11.5. The van der Waals surface area contributed by atoms with E-state index in [0.717, 1.165) is 33.9 Å². The number of benzene rings is 3. The zero-order valence-electron chi connectivity index (χ0n) is 20.7. The number of hydrogen-bond acceptors (Lipinski definition) is 7. The third kappa shape index (κ3) is 5.81. The van der Waals surface area contributed by atoms with Crippen LogP contribution in [0.3, 0.4) is 0 Å². The molecular weight excluding hydrogens is 470 g/mol. The Morgan fingerprint density at radius 2 is 1.76 bits per heavy atom. The molecule has 2 aromatic heterocycles. The Labute approximate surface area is 214 Å². The minimum Gasteiger partial charge on any atom is -0.493 e. The van der Waals surface area contributed by atoms with Crippen LogP contribution in [0.15, 0.2) is 81.6 Å². The smallest absolute Gasteiger partial charge is 0.323 e. The summed E-state index contributed by atoms with van der Waals surface area (Å²) in [5.74, 6) is 1.15. The number of anilines is 1. The maximum atomic E-state index is 11.5. The lowest BCUT2D eigenvalue weighted by Crippen LogP contribution is -2.29. The molecule has 0 amide bonds. The zero-order chi connectivity index (χ0) is 25.8. The summed E-state index contributed by atoms with van der Waals surface area (Å²) in [6.07, 6.45) is 0.619. The molecule has 0 aliphatic carbocycles. The van der Waals surface area contributed by atoms with Gasteiger partial charge in [-0.15, -0.1) is 0 Å². The summed E-state index contributed by atoms with van der Waals surface area (Å²) in [5.41, 5.74) is 5.10. The molecule has 1 N–H and O–H groups in total. The third-order valence-corrected chi connectivity index (χ3v) is 5.95. The molecule has 0 fully saturated rings. The minimum absolute atomic E-state index is 0.230. The largest absolute Gasteiger partial charge is 0.493 e. The number of rotatable bonds is 10. The van der Waals surface area contributed by atoms with Crippen molar-refractivity contribution in [1.82, 2.24) is 9.97 Å². The number of aromatic nitrogens is 2. The van der Waals surface area contributed by atoms with Crippen molar-refractivity contribution < 1.29 is 23.5 Å². The summed E-state index contributed by atoms with van der Waals surface area (Å²) in [5, 5.41) is 9.42. The van der Waals surface area contributed by atoms with Crippen LogP contribution in [0.2, 0.25) is 0 Å². The summed E-state index contributed by atoms with van der Waals surface area (Å²) >= 11 is 0. The van der Waals surface area contributed by atoms with Crippen LogP contribution in [0.1, 0.15) is 22.6 Å². The topological polar surface area (TPSA) is 102 Å². The van der Waals surface area contributed by atoms with Crippen LogP contribution in [-0.4, -0.2) is 34.2 Å². The maximum Gasteiger partial charge on any atom is 0.323 e. The van der Waals surface area contributed by atoms with Crippen molar-refractivity contribution >= 4 is 23.1 Å². The Kier molecular flexibility index (Phi) is 6.89. The van der Waals surface area contributed by atoms with Gasteiger partial charge in [-0.25, -0.2) is 4.98 Å². The second-order valence-electron chi connectivity index (χ2n) is 8.85. The van der Waals surface area contributed by atoms with E-state index >= 15 is 0 Å².